The molecule has 6 nitrogen and oxygen atoms in total. The highest BCUT2D eigenvalue weighted by Crippen LogP contribution is 2.29. The summed E-state index contributed by atoms with van der Waals surface area (Å²) in [4.78, 5) is 12.5. The molecule has 2 aromatic carbocycles. The average molecular weight is 412 g/mol. The Balaban J connectivity index is 1.45. The van der Waals surface area contributed by atoms with Gasteiger partial charge in [0, 0.05) is 22.8 Å². The molecule has 0 fully saturated rings. The molecule has 0 saturated carbocycles. The zero-order valence-corrected chi connectivity index (χ0v) is 16.1. The predicted molar refractivity (Wildman–Crippen MR) is 110 cm³/mol. The van der Waals surface area contributed by atoms with Crippen LogP contribution in [0.4, 0.5) is 5.82 Å². The van der Waals surface area contributed by atoms with Gasteiger partial charge in [-0.15, -0.1) is 0 Å². The van der Waals surface area contributed by atoms with Crippen LogP contribution in [0.25, 0.3) is 11.3 Å². The van der Waals surface area contributed by atoms with Crippen LogP contribution in [0.5, 0.6) is 0 Å². The highest BCUT2D eigenvalue weighted by molar-refractivity contribution is 6.36. The number of aromatic amines is 1. The van der Waals surface area contributed by atoms with E-state index in [1.54, 1.807) is 35.0 Å². The summed E-state index contributed by atoms with van der Waals surface area (Å²) in [5.74, 6) is 0.121. The zero-order chi connectivity index (χ0) is 19.5. The van der Waals surface area contributed by atoms with Gasteiger partial charge in [0.25, 0.3) is 5.91 Å². The fourth-order valence-electron chi connectivity index (χ4n) is 2.74. The first kappa shape index (κ1) is 18.3. The number of hydrogen-bond acceptors (Lipinski definition) is 3. The lowest BCUT2D eigenvalue weighted by atomic mass is 10.1. The molecule has 0 aliphatic carbocycles. The quantitative estimate of drug-likeness (QED) is 0.491. The summed E-state index contributed by atoms with van der Waals surface area (Å²) in [7, 11) is 0. The maximum absolute atomic E-state index is 12.5. The molecule has 0 spiro atoms. The van der Waals surface area contributed by atoms with Crippen molar-refractivity contribution < 1.29 is 4.79 Å². The molecule has 2 aromatic heterocycles. The average Bonchev–Trinajstić information content (AvgIpc) is 3.32. The standard InChI is InChI=1S/C20H15Cl2N5O/c21-14-6-7-15(16(22)10-14)17-11-18(25-24-17)20(28)23-19-8-9-27(26-19)12-13-4-2-1-3-5-13/h1-11H,12H2,(H,24,25)(H,23,26,28). The molecule has 0 saturated heterocycles. The van der Waals surface area contributed by atoms with Gasteiger partial charge < -0.3 is 5.32 Å². The van der Waals surface area contributed by atoms with Gasteiger partial charge in [0.2, 0.25) is 0 Å². The minimum atomic E-state index is -0.339. The van der Waals surface area contributed by atoms with Crippen molar-refractivity contribution >= 4 is 34.9 Å². The number of halogens is 2. The van der Waals surface area contributed by atoms with Crippen LogP contribution in [0.2, 0.25) is 10.0 Å². The second kappa shape index (κ2) is 7.88. The van der Waals surface area contributed by atoms with Crippen LogP contribution >= 0.6 is 23.2 Å². The first-order valence-electron chi connectivity index (χ1n) is 8.48. The Hall–Kier alpha value is -3.09. The molecular weight excluding hydrogens is 397 g/mol. The van der Waals surface area contributed by atoms with Gasteiger partial charge in [-0.2, -0.15) is 10.2 Å². The predicted octanol–water partition coefficient (Wildman–Crippen LogP) is 4.88. The number of rotatable bonds is 5. The maximum Gasteiger partial charge on any atom is 0.274 e. The van der Waals surface area contributed by atoms with E-state index in [-0.39, 0.29) is 5.91 Å². The van der Waals surface area contributed by atoms with Crippen molar-refractivity contribution in [3.05, 3.63) is 88.2 Å². The molecule has 8 heteroatoms. The lowest BCUT2D eigenvalue weighted by molar-refractivity contribution is 0.102. The van der Waals surface area contributed by atoms with E-state index in [4.69, 9.17) is 23.2 Å². The first-order valence-corrected chi connectivity index (χ1v) is 9.23. The summed E-state index contributed by atoms with van der Waals surface area (Å²) in [6.07, 6.45) is 1.81. The lowest BCUT2D eigenvalue weighted by Crippen LogP contribution is -2.13. The smallest absolute Gasteiger partial charge is 0.274 e. The summed E-state index contributed by atoms with van der Waals surface area (Å²) < 4.78 is 1.76. The number of aromatic nitrogens is 4. The largest absolute Gasteiger partial charge is 0.304 e. The number of hydrogen-bond donors (Lipinski definition) is 2. The van der Waals surface area contributed by atoms with E-state index in [2.05, 4.69) is 20.6 Å². The van der Waals surface area contributed by atoms with Crippen LogP contribution in [-0.2, 0) is 6.54 Å². The highest BCUT2D eigenvalue weighted by atomic mass is 35.5. The van der Waals surface area contributed by atoms with Crippen LogP contribution < -0.4 is 5.32 Å². The molecule has 4 aromatic rings. The Bertz CT molecular complexity index is 1120. The summed E-state index contributed by atoms with van der Waals surface area (Å²) in [6, 6.07) is 18.4. The van der Waals surface area contributed by atoms with E-state index in [1.807, 2.05) is 36.5 Å². The van der Waals surface area contributed by atoms with E-state index in [1.165, 1.54) is 0 Å². The van der Waals surface area contributed by atoms with Crippen LogP contribution in [0.3, 0.4) is 0 Å². The van der Waals surface area contributed by atoms with Gasteiger partial charge in [-0.05, 0) is 29.8 Å². The van der Waals surface area contributed by atoms with Gasteiger partial charge in [-0.1, -0.05) is 53.5 Å². The molecule has 1 amide bonds. The number of benzene rings is 2. The van der Waals surface area contributed by atoms with E-state index in [0.717, 1.165) is 5.56 Å². The number of carbonyl (C=O) groups is 1. The SMILES string of the molecule is O=C(Nc1ccn(Cc2ccccc2)n1)c1cc(-c2ccc(Cl)cc2Cl)n[nH]1. The van der Waals surface area contributed by atoms with Crippen LogP contribution in [0.1, 0.15) is 16.1 Å². The lowest BCUT2D eigenvalue weighted by Gasteiger charge is -2.02. The molecule has 0 bridgehead atoms. The molecule has 140 valence electrons. The Kier molecular flexibility index (Phi) is 5.14. The van der Waals surface area contributed by atoms with Crippen molar-refractivity contribution in [3.8, 4) is 11.3 Å². The topological polar surface area (TPSA) is 75.6 Å². The van der Waals surface area contributed by atoms with Crippen LogP contribution in [0, 0.1) is 0 Å². The molecule has 2 heterocycles. The molecule has 0 atom stereocenters. The van der Waals surface area contributed by atoms with Crippen molar-refractivity contribution in [2.24, 2.45) is 0 Å². The minimum Gasteiger partial charge on any atom is -0.304 e. The fourth-order valence-corrected chi connectivity index (χ4v) is 3.25. The van der Waals surface area contributed by atoms with Crippen LogP contribution in [0.15, 0.2) is 66.9 Å². The molecular formula is C20H15Cl2N5O. The third-order valence-corrected chi connectivity index (χ3v) is 4.65. The number of carbonyl (C=O) groups excluding carboxylic acids is 1. The Labute approximate surface area is 171 Å². The molecule has 2 N–H and O–H groups in total. The highest BCUT2D eigenvalue weighted by Gasteiger charge is 2.14. The van der Waals surface area contributed by atoms with Crippen LogP contribution in [-0.4, -0.2) is 25.9 Å². The second-order valence-corrected chi connectivity index (χ2v) is 6.97. The molecule has 28 heavy (non-hydrogen) atoms. The summed E-state index contributed by atoms with van der Waals surface area (Å²) in [6.45, 7) is 0.625. The normalized spacial score (nSPS) is 10.8. The minimum absolute atomic E-state index is 0.304. The number of nitrogens with zero attached hydrogens (tertiary/aromatic N) is 3. The summed E-state index contributed by atoms with van der Waals surface area (Å²) >= 11 is 12.1. The van der Waals surface area contributed by atoms with Crippen molar-refractivity contribution in [1.29, 1.82) is 0 Å². The van der Waals surface area contributed by atoms with E-state index >= 15 is 0 Å². The van der Waals surface area contributed by atoms with Crippen molar-refractivity contribution in [1.82, 2.24) is 20.0 Å². The van der Waals surface area contributed by atoms with E-state index < -0.39 is 0 Å². The van der Waals surface area contributed by atoms with Gasteiger partial charge >= 0.3 is 0 Å². The zero-order valence-electron chi connectivity index (χ0n) is 14.6. The Morgan fingerprint density at radius 1 is 1.07 bits per heavy atom. The van der Waals surface area contributed by atoms with E-state index in [9.17, 15) is 4.79 Å². The number of anilines is 1. The van der Waals surface area contributed by atoms with Gasteiger partial charge in [-0.3, -0.25) is 14.6 Å². The van der Waals surface area contributed by atoms with Gasteiger partial charge in [0.15, 0.2) is 5.82 Å². The Morgan fingerprint density at radius 3 is 2.68 bits per heavy atom. The molecule has 0 unspecified atom stereocenters. The van der Waals surface area contributed by atoms with E-state index in [0.29, 0.717) is 39.4 Å². The first-order chi connectivity index (χ1) is 13.6. The molecule has 0 aliphatic heterocycles. The Morgan fingerprint density at radius 2 is 1.89 bits per heavy atom. The summed E-state index contributed by atoms with van der Waals surface area (Å²) in [5.41, 5.74) is 2.68. The van der Waals surface area contributed by atoms with Gasteiger partial charge in [-0.25, -0.2) is 0 Å². The fraction of sp³-hybridized carbons (Fsp3) is 0.0500. The molecule has 0 aliphatic rings. The third-order valence-electron chi connectivity index (χ3n) is 4.10. The number of nitrogens with one attached hydrogen (secondary N) is 2. The van der Waals surface area contributed by atoms with Gasteiger partial charge in [0.05, 0.1) is 17.3 Å². The third kappa shape index (κ3) is 4.08. The van der Waals surface area contributed by atoms with Crippen molar-refractivity contribution in [2.75, 3.05) is 5.32 Å². The molecule has 4 rings (SSSR count). The van der Waals surface area contributed by atoms with Gasteiger partial charge in [0.1, 0.15) is 5.69 Å². The maximum atomic E-state index is 12.5. The monoisotopic (exact) mass is 411 g/mol. The van der Waals surface area contributed by atoms with Crippen molar-refractivity contribution in [2.45, 2.75) is 6.54 Å². The molecule has 0 radical (unpaired) electrons. The number of amides is 1. The summed E-state index contributed by atoms with van der Waals surface area (Å²) in [5, 5.41) is 15.0. The number of H-pyrrole nitrogens is 1. The van der Waals surface area contributed by atoms with Crippen molar-refractivity contribution in [3.63, 3.8) is 0 Å². The second-order valence-electron chi connectivity index (χ2n) is 6.13.